The van der Waals surface area contributed by atoms with Crippen molar-refractivity contribution >= 4 is 5.97 Å². The summed E-state index contributed by atoms with van der Waals surface area (Å²) in [4.78, 5) is 11.4. The zero-order chi connectivity index (χ0) is 12.6. The summed E-state index contributed by atoms with van der Waals surface area (Å²) in [5, 5.41) is 9.38. The molecule has 1 aliphatic carbocycles. The van der Waals surface area contributed by atoms with Crippen molar-refractivity contribution in [2.75, 3.05) is 7.11 Å². The Kier molecular flexibility index (Phi) is 3.09. The highest BCUT2D eigenvalue weighted by molar-refractivity contribution is 5.78. The molecule has 1 N–H and O–H groups in total. The first-order valence-corrected chi connectivity index (χ1v) is 5.92. The monoisotopic (exact) mass is 234 g/mol. The van der Waals surface area contributed by atoms with Gasteiger partial charge in [-0.05, 0) is 61.4 Å². The molecular formula is C14H18O3. The van der Waals surface area contributed by atoms with Crippen LogP contribution >= 0.6 is 0 Å². The number of hydrogen-bond acceptors (Lipinski definition) is 2. The van der Waals surface area contributed by atoms with Crippen LogP contribution in [0.2, 0.25) is 0 Å². The fourth-order valence-electron chi connectivity index (χ4n) is 2.53. The minimum atomic E-state index is -0.705. The van der Waals surface area contributed by atoms with Gasteiger partial charge in [-0.15, -0.1) is 0 Å². The molecule has 0 heterocycles. The zero-order valence-corrected chi connectivity index (χ0v) is 10.5. The van der Waals surface area contributed by atoms with E-state index in [2.05, 4.69) is 0 Å². The van der Waals surface area contributed by atoms with Crippen molar-refractivity contribution < 1.29 is 14.6 Å². The lowest BCUT2D eigenvalue weighted by Crippen LogP contribution is -2.16. The molecule has 0 aliphatic heterocycles. The molecule has 1 aliphatic rings. The van der Waals surface area contributed by atoms with E-state index in [1.165, 1.54) is 0 Å². The molecular weight excluding hydrogens is 216 g/mol. The van der Waals surface area contributed by atoms with Crippen LogP contribution in [0.25, 0.3) is 0 Å². The highest BCUT2D eigenvalue weighted by atomic mass is 16.5. The quantitative estimate of drug-likeness (QED) is 0.871. The second-order valence-corrected chi connectivity index (χ2v) is 4.83. The van der Waals surface area contributed by atoms with Crippen molar-refractivity contribution in [3.8, 4) is 5.75 Å². The fourth-order valence-corrected chi connectivity index (χ4v) is 2.53. The molecule has 0 spiro atoms. The molecule has 0 bridgehead atoms. The van der Waals surface area contributed by atoms with Gasteiger partial charge in [0.1, 0.15) is 5.75 Å². The molecule has 1 saturated carbocycles. The maximum Gasteiger partial charge on any atom is 0.311 e. The number of carboxylic acids is 1. The fraction of sp³-hybridized carbons (Fsp3) is 0.500. The van der Waals surface area contributed by atoms with Crippen LogP contribution in [0.5, 0.6) is 5.75 Å². The van der Waals surface area contributed by atoms with Crippen LogP contribution in [-0.2, 0) is 4.79 Å². The van der Waals surface area contributed by atoms with Gasteiger partial charge in [0, 0.05) is 0 Å². The molecule has 1 atom stereocenters. The van der Waals surface area contributed by atoms with Gasteiger partial charge < -0.3 is 9.84 Å². The molecule has 0 radical (unpaired) electrons. The number of aryl methyl sites for hydroxylation is 2. The average molecular weight is 234 g/mol. The second kappa shape index (κ2) is 4.40. The van der Waals surface area contributed by atoms with Gasteiger partial charge in [-0.2, -0.15) is 0 Å². The number of methoxy groups -OCH3 is 1. The lowest BCUT2D eigenvalue weighted by molar-refractivity contribution is -0.139. The summed E-state index contributed by atoms with van der Waals surface area (Å²) < 4.78 is 5.20. The minimum absolute atomic E-state index is 0.318. The summed E-state index contributed by atoms with van der Waals surface area (Å²) in [7, 11) is 1.63. The van der Waals surface area contributed by atoms with Crippen LogP contribution in [0.4, 0.5) is 0 Å². The van der Waals surface area contributed by atoms with Crippen molar-refractivity contribution in [3.05, 3.63) is 28.8 Å². The number of rotatable bonds is 4. The Morgan fingerprint density at radius 1 is 1.35 bits per heavy atom. The lowest BCUT2D eigenvalue weighted by Gasteiger charge is -2.18. The van der Waals surface area contributed by atoms with Crippen LogP contribution in [0.1, 0.15) is 35.4 Å². The SMILES string of the molecule is COc1cc(C)c(C(C(=O)O)C2CC2)c(C)c1. The Balaban J connectivity index is 2.46. The topological polar surface area (TPSA) is 46.5 Å². The summed E-state index contributed by atoms with van der Waals surface area (Å²) in [6.45, 7) is 3.92. The maximum atomic E-state index is 11.4. The first kappa shape index (κ1) is 12.0. The Labute approximate surface area is 101 Å². The summed E-state index contributed by atoms with van der Waals surface area (Å²) >= 11 is 0. The normalized spacial score (nSPS) is 16.6. The average Bonchev–Trinajstić information content (AvgIpc) is 3.06. The smallest absolute Gasteiger partial charge is 0.311 e. The Bertz CT molecular complexity index is 424. The molecule has 1 aromatic carbocycles. The molecule has 3 nitrogen and oxygen atoms in total. The van der Waals surface area contributed by atoms with Crippen molar-refractivity contribution in [1.82, 2.24) is 0 Å². The number of ether oxygens (including phenoxy) is 1. The summed E-state index contributed by atoms with van der Waals surface area (Å²) in [5.41, 5.74) is 3.00. The van der Waals surface area contributed by atoms with E-state index in [0.29, 0.717) is 5.92 Å². The molecule has 0 amide bonds. The second-order valence-electron chi connectivity index (χ2n) is 4.83. The predicted molar refractivity (Wildman–Crippen MR) is 65.6 cm³/mol. The van der Waals surface area contributed by atoms with Gasteiger partial charge in [0.25, 0.3) is 0 Å². The van der Waals surface area contributed by atoms with Crippen molar-refractivity contribution in [2.24, 2.45) is 5.92 Å². The molecule has 0 saturated heterocycles. The van der Waals surface area contributed by atoms with Crippen molar-refractivity contribution in [3.63, 3.8) is 0 Å². The summed E-state index contributed by atoms with van der Waals surface area (Å²) in [6, 6.07) is 3.83. The Morgan fingerprint density at radius 3 is 2.24 bits per heavy atom. The lowest BCUT2D eigenvalue weighted by atomic mass is 9.87. The third-order valence-electron chi connectivity index (χ3n) is 3.47. The van der Waals surface area contributed by atoms with E-state index in [-0.39, 0.29) is 5.92 Å². The molecule has 92 valence electrons. The Hall–Kier alpha value is -1.51. The van der Waals surface area contributed by atoms with Gasteiger partial charge in [-0.1, -0.05) is 0 Å². The first-order valence-electron chi connectivity index (χ1n) is 5.92. The van der Waals surface area contributed by atoms with E-state index in [1.807, 2.05) is 26.0 Å². The van der Waals surface area contributed by atoms with Crippen molar-refractivity contribution in [2.45, 2.75) is 32.6 Å². The van der Waals surface area contributed by atoms with Crippen LogP contribution in [0, 0.1) is 19.8 Å². The van der Waals surface area contributed by atoms with E-state index >= 15 is 0 Å². The van der Waals surface area contributed by atoms with Gasteiger partial charge in [0.2, 0.25) is 0 Å². The minimum Gasteiger partial charge on any atom is -0.497 e. The molecule has 1 aromatic rings. The number of aliphatic carboxylic acids is 1. The molecule has 2 rings (SSSR count). The summed E-state index contributed by atoms with van der Waals surface area (Å²) in [6.07, 6.45) is 2.06. The van der Waals surface area contributed by atoms with Gasteiger partial charge in [-0.3, -0.25) is 4.79 Å². The predicted octanol–water partition coefficient (Wildman–Crippen LogP) is 2.89. The molecule has 1 fully saturated rings. The Morgan fingerprint density at radius 2 is 1.88 bits per heavy atom. The van der Waals surface area contributed by atoms with Gasteiger partial charge in [-0.25, -0.2) is 0 Å². The standard InChI is InChI=1S/C14H18O3/c1-8-6-11(17-3)7-9(2)12(8)13(14(15)16)10-4-5-10/h6-7,10,13H,4-5H2,1-3H3,(H,15,16). The summed E-state index contributed by atoms with van der Waals surface area (Å²) in [5.74, 6) is 0.0618. The highest BCUT2D eigenvalue weighted by Crippen LogP contribution is 2.45. The number of hydrogen-bond donors (Lipinski definition) is 1. The highest BCUT2D eigenvalue weighted by Gasteiger charge is 2.38. The van der Waals surface area contributed by atoms with Crippen LogP contribution in [0.15, 0.2) is 12.1 Å². The third kappa shape index (κ3) is 2.28. The van der Waals surface area contributed by atoms with Gasteiger partial charge in [0.05, 0.1) is 13.0 Å². The molecule has 1 unspecified atom stereocenters. The zero-order valence-electron chi connectivity index (χ0n) is 10.5. The third-order valence-corrected chi connectivity index (χ3v) is 3.47. The maximum absolute atomic E-state index is 11.4. The van der Waals surface area contributed by atoms with Crippen molar-refractivity contribution in [1.29, 1.82) is 0 Å². The van der Waals surface area contributed by atoms with Crippen LogP contribution in [-0.4, -0.2) is 18.2 Å². The molecule has 0 aromatic heterocycles. The molecule has 17 heavy (non-hydrogen) atoms. The van der Waals surface area contributed by atoms with E-state index in [1.54, 1.807) is 7.11 Å². The van der Waals surface area contributed by atoms with E-state index < -0.39 is 5.97 Å². The van der Waals surface area contributed by atoms with Crippen LogP contribution < -0.4 is 4.74 Å². The number of carbonyl (C=O) groups is 1. The number of benzene rings is 1. The van der Waals surface area contributed by atoms with E-state index in [4.69, 9.17) is 4.74 Å². The van der Waals surface area contributed by atoms with Crippen LogP contribution in [0.3, 0.4) is 0 Å². The van der Waals surface area contributed by atoms with E-state index in [9.17, 15) is 9.90 Å². The molecule has 3 heteroatoms. The van der Waals surface area contributed by atoms with Gasteiger partial charge >= 0.3 is 5.97 Å². The van der Waals surface area contributed by atoms with Gasteiger partial charge in [0.15, 0.2) is 0 Å². The largest absolute Gasteiger partial charge is 0.497 e. The number of carboxylic acid groups (broad SMARTS) is 1. The van der Waals surface area contributed by atoms with E-state index in [0.717, 1.165) is 35.3 Å². The first-order chi connectivity index (χ1) is 8.04.